The zero-order valence-electron chi connectivity index (χ0n) is 9.09. The van der Waals surface area contributed by atoms with Gasteiger partial charge in [0, 0.05) is 6.04 Å². The second-order valence-electron chi connectivity index (χ2n) is 4.64. The lowest BCUT2D eigenvalue weighted by molar-refractivity contribution is 0.590. The molecule has 14 heavy (non-hydrogen) atoms. The van der Waals surface area contributed by atoms with Crippen LogP contribution in [0.3, 0.4) is 0 Å². The summed E-state index contributed by atoms with van der Waals surface area (Å²) in [4.78, 5) is 0. The van der Waals surface area contributed by atoms with Gasteiger partial charge < -0.3 is 5.73 Å². The van der Waals surface area contributed by atoms with E-state index in [0.29, 0.717) is 6.04 Å². The summed E-state index contributed by atoms with van der Waals surface area (Å²) in [5, 5.41) is 0. The van der Waals surface area contributed by atoms with Crippen LogP contribution in [0.2, 0.25) is 0 Å². The highest BCUT2D eigenvalue weighted by Gasteiger charge is 2.28. The van der Waals surface area contributed by atoms with Gasteiger partial charge >= 0.3 is 0 Å². The Morgan fingerprint density at radius 1 is 1.36 bits per heavy atom. The monoisotopic (exact) mass is 189 g/mol. The molecule has 0 aliphatic heterocycles. The van der Waals surface area contributed by atoms with Gasteiger partial charge in [0.05, 0.1) is 0 Å². The van der Waals surface area contributed by atoms with Crippen molar-refractivity contribution in [2.75, 3.05) is 0 Å². The molecule has 1 fully saturated rings. The number of aryl methyl sites for hydroxylation is 2. The number of benzene rings is 1. The Hall–Kier alpha value is -0.820. The maximum Gasteiger partial charge on any atom is 0.0108 e. The summed E-state index contributed by atoms with van der Waals surface area (Å²) in [7, 11) is 0. The Morgan fingerprint density at radius 3 is 2.71 bits per heavy atom. The van der Waals surface area contributed by atoms with Crippen LogP contribution in [0.4, 0.5) is 0 Å². The average molecular weight is 189 g/mol. The van der Waals surface area contributed by atoms with Gasteiger partial charge in [0.15, 0.2) is 0 Å². The summed E-state index contributed by atoms with van der Waals surface area (Å²) < 4.78 is 0. The summed E-state index contributed by atoms with van der Waals surface area (Å²) in [5.41, 5.74) is 10.3. The van der Waals surface area contributed by atoms with E-state index in [9.17, 15) is 0 Å². The molecule has 1 heteroatoms. The van der Waals surface area contributed by atoms with E-state index in [2.05, 4.69) is 32.0 Å². The topological polar surface area (TPSA) is 26.0 Å². The minimum atomic E-state index is 0.385. The average Bonchev–Trinajstić information content (AvgIpc) is 2.94. The van der Waals surface area contributed by atoms with Gasteiger partial charge in [-0.2, -0.15) is 0 Å². The second-order valence-corrected chi connectivity index (χ2v) is 4.64. The molecule has 0 bridgehead atoms. The molecule has 0 saturated heterocycles. The summed E-state index contributed by atoms with van der Waals surface area (Å²) in [5.74, 6) is 0.801. The number of hydrogen-bond acceptors (Lipinski definition) is 1. The first-order valence-corrected chi connectivity index (χ1v) is 5.48. The number of hydrogen-bond donors (Lipinski definition) is 1. The fraction of sp³-hybridized carbons (Fsp3) is 0.538. The number of rotatable bonds is 3. The van der Waals surface area contributed by atoms with Crippen molar-refractivity contribution in [3.8, 4) is 0 Å². The first kappa shape index (κ1) is 9.72. The van der Waals surface area contributed by atoms with Crippen LogP contribution < -0.4 is 5.73 Å². The van der Waals surface area contributed by atoms with Crippen molar-refractivity contribution in [3.63, 3.8) is 0 Å². The summed E-state index contributed by atoms with van der Waals surface area (Å²) in [6.07, 6.45) is 3.73. The van der Waals surface area contributed by atoms with Crippen LogP contribution >= 0.6 is 0 Å². The summed E-state index contributed by atoms with van der Waals surface area (Å²) in [6, 6.07) is 7.03. The van der Waals surface area contributed by atoms with Crippen LogP contribution in [0.1, 0.15) is 29.5 Å². The van der Waals surface area contributed by atoms with E-state index in [0.717, 1.165) is 12.3 Å². The van der Waals surface area contributed by atoms with Crippen molar-refractivity contribution in [1.29, 1.82) is 0 Å². The van der Waals surface area contributed by atoms with Crippen molar-refractivity contribution in [1.82, 2.24) is 0 Å². The lowest BCUT2D eigenvalue weighted by Crippen LogP contribution is -2.25. The normalized spacial score (nSPS) is 18.2. The Kier molecular flexibility index (Phi) is 2.60. The predicted molar refractivity (Wildman–Crippen MR) is 60.3 cm³/mol. The molecule has 0 amide bonds. The van der Waals surface area contributed by atoms with Crippen molar-refractivity contribution in [2.45, 2.75) is 39.2 Å². The van der Waals surface area contributed by atoms with Crippen LogP contribution in [0.5, 0.6) is 0 Å². The van der Waals surface area contributed by atoms with E-state index < -0.39 is 0 Å². The lowest BCUT2D eigenvalue weighted by atomic mass is 9.97. The second kappa shape index (κ2) is 3.74. The maximum atomic E-state index is 6.13. The molecule has 1 aliphatic carbocycles. The molecule has 2 rings (SSSR count). The molecule has 1 aromatic carbocycles. The van der Waals surface area contributed by atoms with Gasteiger partial charge in [-0.25, -0.2) is 0 Å². The van der Waals surface area contributed by atoms with Gasteiger partial charge in [-0.05, 0) is 50.2 Å². The highest BCUT2D eigenvalue weighted by Crippen LogP contribution is 2.33. The van der Waals surface area contributed by atoms with E-state index in [1.807, 2.05) is 0 Å². The molecule has 2 N–H and O–H groups in total. The van der Waals surface area contributed by atoms with Crippen molar-refractivity contribution in [3.05, 3.63) is 34.9 Å². The van der Waals surface area contributed by atoms with Crippen LogP contribution in [0.15, 0.2) is 18.2 Å². The number of nitrogens with two attached hydrogens (primary N) is 1. The molecule has 1 unspecified atom stereocenters. The van der Waals surface area contributed by atoms with Crippen LogP contribution in [-0.4, -0.2) is 6.04 Å². The third-order valence-electron chi connectivity index (χ3n) is 3.19. The van der Waals surface area contributed by atoms with Crippen LogP contribution in [-0.2, 0) is 6.42 Å². The van der Waals surface area contributed by atoms with Gasteiger partial charge in [0.25, 0.3) is 0 Å². The van der Waals surface area contributed by atoms with E-state index in [4.69, 9.17) is 5.73 Å². The third-order valence-corrected chi connectivity index (χ3v) is 3.19. The largest absolute Gasteiger partial charge is 0.327 e. The Labute approximate surface area is 86.3 Å². The SMILES string of the molecule is Cc1ccc(C)c(CC(N)C2CC2)c1. The Balaban J connectivity index is 2.10. The Bertz CT molecular complexity index is 326. The van der Waals surface area contributed by atoms with Gasteiger partial charge in [-0.1, -0.05) is 23.8 Å². The lowest BCUT2D eigenvalue weighted by Gasteiger charge is -2.12. The molecule has 0 spiro atoms. The van der Waals surface area contributed by atoms with E-state index in [1.165, 1.54) is 29.5 Å². The molecule has 0 aromatic heterocycles. The van der Waals surface area contributed by atoms with Crippen molar-refractivity contribution < 1.29 is 0 Å². The molecule has 1 aromatic rings. The third kappa shape index (κ3) is 2.16. The first-order valence-electron chi connectivity index (χ1n) is 5.48. The summed E-state index contributed by atoms with van der Waals surface area (Å²) in [6.45, 7) is 4.32. The minimum absolute atomic E-state index is 0.385. The highest BCUT2D eigenvalue weighted by atomic mass is 14.7. The Morgan fingerprint density at radius 2 is 2.07 bits per heavy atom. The van der Waals surface area contributed by atoms with Gasteiger partial charge in [0.1, 0.15) is 0 Å². The predicted octanol–water partition coefficient (Wildman–Crippen LogP) is 2.58. The zero-order valence-corrected chi connectivity index (χ0v) is 9.09. The molecule has 76 valence electrons. The molecule has 0 radical (unpaired) electrons. The van der Waals surface area contributed by atoms with E-state index >= 15 is 0 Å². The van der Waals surface area contributed by atoms with Crippen LogP contribution in [0, 0.1) is 19.8 Å². The fourth-order valence-electron chi connectivity index (χ4n) is 1.97. The van der Waals surface area contributed by atoms with Crippen molar-refractivity contribution in [2.24, 2.45) is 11.7 Å². The molecular formula is C13H19N. The quantitative estimate of drug-likeness (QED) is 0.777. The minimum Gasteiger partial charge on any atom is -0.327 e. The highest BCUT2D eigenvalue weighted by molar-refractivity contribution is 5.31. The van der Waals surface area contributed by atoms with E-state index in [-0.39, 0.29) is 0 Å². The molecule has 0 heterocycles. The molecule has 1 saturated carbocycles. The van der Waals surface area contributed by atoms with Crippen LogP contribution in [0.25, 0.3) is 0 Å². The van der Waals surface area contributed by atoms with Gasteiger partial charge in [0.2, 0.25) is 0 Å². The maximum absolute atomic E-state index is 6.13. The van der Waals surface area contributed by atoms with Gasteiger partial charge in [-0.3, -0.25) is 0 Å². The molecule has 1 aliphatic rings. The smallest absolute Gasteiger partial charge is 0.0108 e. The van der Waals surface area contributed by atoms with E-state index in [1.54, 1.807) is 0 Å². The van der Waals surface area contributed by atoms with Gasteiger partial charge in [-0.15, -0.1) is 0 Å². The fourth-order valence-corrected chi connectivity index (χ4v) is 1.97. The first-order chi connectivity index (χ1) is 6.66. The molecular weight excluding hydrogens is 170 g/mol. The molecule has 1 nitrogen and oxygen atoms in total. The zero-order chi connectivity index (χ0) is 10.1. The molecule has 1 atom stereocenters. The van der Waals surface area contributed by atoms with Crippen molar-refractivity contribution >= 4 is 0 Å². The summed E-state index contributed by atoms with van der Waals surface area (Å²) >= 11 is 0. The standard InChI is InChI=1S/C13H19N/c1-9-3-4-10(2)12(7-9)8-13(14)11-5-6-11/h3-4,7,11,13H,5-6,8,14H2,1-2H3.